The van der Waals surface area contributed by atoms with Crippen molar-refractivity contribution in [3.8, 4) is 0 Å². The predicted octanol–water partition coefficient (Wildman–Crippen LogP) is 2.17. The average Bonchev–Trinajstić information content (AvgIpc) is 2.62. The Hall–Kier alpha value is -1.12. The van der Waals surface area contributed by atoms with Crippen molar-refractivity contribution in [3.63, 3.8) is 0 Å². The molecule has 2 heteroatoms. The van der Waals surface area contributed by atoms with Crippen LogP contribution in [0.2, 0.25) is 0 Å². The van der Waals surface area contributed by atoms with Crippen LogP contribution in [0.3, 0.4) is 0 Å². The maximum Gasteiger partial charge on any atom is 0.0330 e. The van der Waals surface area contributed by atoms with E-state index in [4.69, 9.17) is 5.73 Å². The third-order valence-electron chi connectivity index (χ3n) is 3.26. The summed E-state index contributed by atoms with van der Waals surface area (Å²) in [6.45, 7) is 6.87. The van der Waals surface area contributed by atoms with E-state index in [0.29, 0.717) is 0 Å². The van der Waals surface area contributed by atoms with Crippen LogP contribution in [0.25, 0.3) is 0 Å². The lowest BCUT2D eigenvalue weighted by atomic mass is 9.96. The molecule has 1 heterocycles. The van der Waals surface area contributed by atoms with Crippen LogP contribution in [-0.4, -0.2) is 23.5 Å². The van der Waals surface area contributed by atoms with Gasteiger partial charge in [-0.05, 0) is 18.4 Å². The van der Waals surface area contributed by atoms with Gasteiger partial charge >= 0.3 is 0 Å². The number of rotatable bonds is 4. The Labute approximate surface area is 97.8 Å². The summed E-state index contributed by atoms with van der Waals surface area (Å²) in [4.78, 5) is 2.43. The largest absolute Gasteiger partial charge is 0.324 e. The molecule has 86 valence electrons. The lowest BCUT2D eigenvalue weighted by Gasteiger charge is -2.23. The number of benzene rings is 1. The van der Waals surface area contributed by atoms with Crippen molar-refractivity contribution in [2.75, 3.05) is 13.1 Å². The minimum atomic E-state index is -0.0451. The van der Waals surface area contributed by atoms with Gasteiger partial charge in [-0.2, -0.15) is 0 Å². The SMILES string of the molecule is C=CCC1(N)CCN(Cc2ccccc2)C1. The zero-order valence-electron chi connectivity index (χ0n) is 9.73. The fourth-order valence-corrected chi connectivity index (χ4v) is 2.41. The molecule has 0 bridgehead atoms. The fourth-order valence-electron chi connectivity index (χ4n) is 2.41. The van der Waals surface area contributed by atoms with Crippen molar-refractivity contribution in [2.45, 2.75) is 24.9 Å². The minimum Gasteiger partial charge on any atom is -0.324 e. The van der Waals surface area contributed by atoms with Crippen LogP contribution in [0.4, 0.5) is 0 Å². The summed E-state index contributed by atoms with van der Waals surface area (Å²) >= 11 is 0. The zero-order chi connectivity index (χ0) is 11.4. The summed E-state index contributed by atoms with van der Waals surface area (Å²) in [5, 5.41) is 0. The molecule has 1 aliphatic rings. The van der Waals surface area contributed by atoms with Gasteiger partial charge in [-0.3, -0.25) is 4.90 Å². The molecule has 0 radical (unpaired) electrons. The third-order valence-corrected chi connectivity index (χ3v) is 3.26. The third kappa shape index (κ3) is 2.71. The van der Waals surface area contributed by atoms with Crippen LogP contribution in [0.15, 0.2) is 43.0 Å². The Morgan fingerprint density at radius 3 is 2.81 bits per heavy atom. The quantitative estimate of drug-likeness (QED) is 0.782. The zero-order valence-corrected chi connectivity index (χ0v) is 9.73. The molecule has 0 spiro atoms. The maximum absolute atomic E-state index is 6.30. The Morgan fingerprint density at radius 1 is 1.38 bits per heavy atom. The van der Waals surface area contributed by atoms with E-state index >= 15 is 0 Å². The Balaban J connectivity index is 1.92. The lowest BCUT2D eigenvalue weighted by Crippen LogP contribution is -2.41. The molecule has 2 rings (SSSR count). The fraction of sp³-hybridized carbons (Fsp3) is 0.429. The van der Waals surface area contributed by atoms with Crippen molar-refractivity contribution in [1.29, 1.82) is 0 Å². The Bertz CT molecular complexity index is 347. The smallest absolute Gasteiger partial charge is 0.0330 e. The number of nitrogens with zero attached hydrogens (tertiary/aromatic N) is 1. The second kappa shape index (κ2) is 4.81. The summed E-state index contributed by atoms with van der Waals surface area (Å²) < 4.78 is 0. The molecular weight excluding hydrogens is 196 g/mol. The van der Waals surface area contributed by atoms with Gasteiger partial charge in [-0.25, -0.2) is 0 Å². The molecule has 2 N–H and O–H groups in total. The van der Waals surface area contributed by atoms with Crippen LogP contribution >= 0.6 is 0 Å². The summed E-state index contributed by atoms with van der Waals surface area (Å²) in [5.74, 6) is 0. The van der Waals surface area contributed by atoms with Crippen molar-refractivity contribution in [3.05, 3.63) is 48.6 Å². The number of likely N-dealkylation sites (tertiary alicyclic amines) is 1. The van der Waals surface area contributed by atoms with Crippen LogP contribution in [-0.2, 0) is 6.54 Å². The van der Waals surface area contributed by atoms with E-state index in [2.05, 4.69) is 41.8 Å². The number of hydrogen-bond donors (Lipinski definition) is 1. The van der Waals surface area contributed by atoms with Gasteiger partial charge in [0.2, 0.25) is 0 Å². The van der Waals surface area contributed by atoms with Crippen LogP contribution < -0.4 is 5.73 Å². The number of nitrogens with two attached hydrogens (primary N) is 1. The summed E-state index contributed by atoms with van der Waals surface area (Å²) in [6.07, 6.45) is 3.93. The van der Waals surface area contributed by atoms with Gasteiger partial charge in [0.1, 0.15) is 0 Å². The van der Waals surface area contributed by atoms with Crippen molar-refractivity contribution >= 4 is 0 Å². The molecule has 1 atom stereocenters. The van der Waals surface area contributed by atoms with E-state index in [9.17, 15) is 0 Å². The highest BCUT2D eigenvalue weighted by Gasteiger charge is 2.32. The standard InChI is InChI=1S/C14H20N2/c1-2-8-14(15)9-10-16(12-14)11-13-6-4-3-5-7-13/h2-7H,1,8-12,15H2. The molecule has 0 amide bonds. The van der Waals surface area contributed by atoms with Crippen LogP contribution in [0.5, 0.6) is 0 Å². The van der Waals surface area contributed by atoms with E-state index in [1.807, 2.05) is 6.08 Å². The molecular formula is C14H20N2. The van der Waals surface area contributed by atoms with Crippen LogP contribution in [0, 0.1) is 0 Å². The first kappa shape index (κ1) is 11.4. The first-order valence-electron chi connectivity index (χ1n) is 5.88. The first-order valence-corrected chi connectivity index (χ1v) is 5.88. The molecule has 1 saturated heterocycles. The van der Waals surface area contributed by atoms with E-state index in [1.54, 1.807) is 0 Å². The van der Waals surface area contributed by atoms with Gasteiger partial charge < -0.3 is 5.73 Å². The predicted molar refractivity (Wildman–Crippen MR) is 68.1 cm³/mol. The molecule has 0 aliphatic carbocycles. The van der Waals surface area contributed by atoms with Gasteiger partial charge in [0.25, 0.3) is 0 Å². The highest BCUT2D eigenvalue weighted by molar-refractivity contribution is 5.15. The van der Waals surface area contributed by atoms with E-state index in [0.717, 1.165) is 32.5 Å². The monoisotopic (exact) mass is 216 g/mol. The maximum atomic E-state index is 6.30. The van der Waals surface area contributed by atoms with Crippen molar-refractivity contribution in [2.24, 2.45) is 5.73 Å². The van der Waals surface area contributed by atoms with Crippen LogP contribution in [0.1, 0.15) is 18.4 Å². The molecule has 1 aromatic rings. The van der Waals surface area contributed by atoms with Crippen molar-refractivity contribution < 1.29 is 0 Å². The second-order valence-corrected chi connectivity index (χ2v) is 4.80. The molecule has 1 fully saturated rings. The number of hydrogen-bond acceptors (Lipinski definition) is 2. The molecule has 1 aromatic carbocycles. The lowest BCUT2D eigenvalue weighted by molar-refractivity contribution is 0.304. The topological polar surface area (TPSA) is 29.3 Å². The molecule has 1 aliphatic heterocycles. The first-order chi connectivity index (χ1) is 7.72. The van der Waals surface area contributed by atoms with Gasteiger partial charge in [0, 0.05) is 25.2 Å². The highest BCUT2D eigenvalue weighted by Crippen LogP contribution is 2.23. The van der Waals surface area contributed by atoms with Gasteiger partial charge in [-0.15, -0.1) is 6.58 Å². The van der Waals surface area contributed by atoms with Crippen molar-refractivity contribution in [1.82, 2.24) is 4.90 Å². The Morgan fingerprint density at radius 2 is 2.12 bits per heavy atom. The highest BCUT2D eigenvalue weighted by atomic mass is 15.2. The van der Waals surface area contributed by atoms with E-state index in [1.165, 1.54) is 5.56 Å². The second-order valence-electron chi connectivity index (χ2n) is 4.80. The Kier molecular flexibility index (Phi) is 3.42. The van der Waals surface area contributed by atoms with Gasteiger partial charge in [0.05, 0.1) is 0 Å². The van der Waals surface area contributed by atoms with E-state index < -0.39 is 0 Å². The summed E-state index contributed by atoms with van der Waals surface area (Å²) in [7, 11) is 0. The molecule has 1 unspecified atom stereocenters. The van der Waals surface area contributed by atoms with Gasteiger partial charge in [-0.1, -0.05) is 36.4 Å². The summed E-state index contributed by atoms with van der Waals surface area (Å²) in [5.41, 5.74) is 7.62. The van der Waals surface area contributed by atoms with E-state index in [-0.39, 0.29) is 5.54 Å². The molecule has 0 saturated carbocycles. The van der Waals surface area contributed by atoms with Gasteiger partial charge in [0.15, 0.2) is 0 Å². The normalized spacial score (nSPS) is 25.8. The summed E-state index contributed by atoms with van der Waals surface area (Å²) in [6, 6.07) is 10.6. The minimum absolute atomic E-state index is 0.0451. The average molecular weight is 216 g/mol. The molecule has 16 heavy (non-hydrogen) atoms. The molecule has 2 nitrogen and oxygen atoms in total. The molecule has 0 aromatic heterocycles.